The number of hydrogen-bond donors (Lipinski definition) is 3. The van der Waals surface area contributed by atoms with Crippen LogP contribution < -0.4 is 10.6 Å². The van der Waals surface area contributed by atoms with Crippen LogP contribution in [0.15, 0.2) is 52.6 Å². The zero-order chi connectivity index (χ0) is 23.2. The number of hydrogen-bond acceptors (Lipinski definition) is 7. The number of rotatable bonds is 5. The minimum absolute atomic E-state index is 0. The van der Waals surface area contributed by atoms with Gasteiger partial charge in [-0.25, -0.2) is 27.8 Å². The zero-order valence-corrected chi connectivity index (χ0v) is 20.4. The van der Waals surface area contributed by atoms with Gasteiger partial charge in [-0.1, -0.05) is 29.3 Å². The molecule has 1 saturated heterocycles. The summed E-state index contributed by atoms with van der Waals surface area (Å²) >= 11 is 6.38. The molecular weight excluding hydrogens is 502 g/mol. The van der Waals surface area contributed by atoms with Crippen LogP contribution in [-0.2, 0) is 9.84 Å². The Morgan fingerprint density at radius 1 is 1.18 bits per heavy atom. The molecule has 4 heterocycles. The Morgan fingerprint density at radius 2 is 1.94 bits per heavy atom. The fourth-order valence-corrected chi connectivity index (χ4v) is 5.85. The molecule has 8 nitrogen and oxygen atoms in total. The lowest BCUT2D eigenvalue weighted by Crippen LogP contribution is -2.23. The van der Waals surface area contributed by atoms with E-state index in [2.05, 4.69) is 30.6 Å². The lowest BCUT2D eigenvalue weighted by Gasteiger charge is -2.13. The molecule has 4 aromatic rings. The number of anilines is 1. The van der Waals surface area contributed by atoms with Crippen molar-refractivity contribution in [1.82, 2.24) is 25.3 Å². The number of nitrogens with one attached hydrogen (secondary N) is 3. The number of aromatic amines is 1. The van der Waals surface area contributed by atoms with Crippen molar-refractivity contribution in [3.8, 4) is 11.4 Å². The predicted octanol–water partition coefficient (Wildman–Crippen LogP) is 4.15. The smallest absolute Gasteiger partial charge is 0.208 e. The molecule has 178 valence electrons. The number of aryl methyl sites for hydroxylation is 1. The molecule has 12 heteroatoms. The quantitative estimate of drug-likeness (QED) is 0.360. The normalized spacial score (nSPS) is 15.9. The van der Waals surface area contributed by atoms with Gasteiger partial charge in [0.2, 0.25) is 9.84 Å². The molecule has 1 atom stereocenters. The minimum Gasteiger partial charge on any atom is -0.363 e. The highest BCUT2D eigenvalue weighted by Crippen LogP contribution is 2.38. The van der Waals surface area contributed by atoms with Gasteiger partial charge in [0.1, 0.15) is 10.5 Å². The highest BCUT2D eigenvalue weighted by atomic mass is 35.5. The molecule has 1 aromatic carbocycles. The molecule has 3 aromatic heterocycles. The van der Waals surface area contributed by atoms with Gasteiger partial charge in [-0.3, -0.25) is 0 Å². The van der Waals surface area contributed by atoms with Gasteiger partial charge in [-0.05, 0) is 32.0 Å². The van der Waals surface area contributed by atoms with Crippen molar-refractivity contribution in [2.75, 3.05) is 18.4 Å². The van der Waals surface area contributed by atoms with Gasteiger partial charge in [0, 0.05) is 30.5 Å². The van der Waals surface area contributed by atoms with E-state index in [1.165, 1.54) is 18.3 Å². The summed E-state index contributed by atoms with van der Waals surface area (Å²) in [6.45, 7) is 3.41. The van der Waals surface area contributed by atoms with Crippen molar-refractivity contribution in [2.45, 2.75) is 29.2 Å². The Morgan fingerprint density at radius 3 is 2.65 bits per heavy atom. The Balaban J connectivity index is 0.00000274. The minimum atomic E-state index is -4.00. The largest absolute Gasteiger partial charge is 0.363 e. The standard InChI is InChI=1S/C22H20ClFN6O2S.ClH/c1-12-2-4-14(5-3-12)33(31,32)19-16(23)10-27-22-18(19)15(9-26-22)20-28-11-17(24)21(30-20)29-13-6-7-25-8-13;/h2-5,9-11,13,25H,6-8H2,1H3,(H,26,27)(H,28,29,30);1H/t13-;/m0./s1. The van der Waals surface area contributed by atoms with E-state index in [-0.39, 0.29) is 50.3 Å². The molecule has 1 aliphatic rings. The van der Waals surface area contributed by atoms with Crippen molar-refractivity contribution >= 4 is 50.7 Å². The first-order valence-electron chi connectivity index (χ1n) is 10.3. The van der Waals surface area contributed by atoms with Crippen LogP contribution in [0.1, 0.15) is 12.0 Å². The lowest BCUT2D eigenvalue weighted by molar-refractivity contribution is 0.597. The molecule has 34 heavy (non-hydrogen) atoms. The summed E-state index contributed by atoms with van der Waals surface area (Å²) in [6.07, 6.45) is 4.75. The van der Waals surface area contributed by atoms with Gasteiger partial charge < -0.3 is 15.6 Å². The van der Waals surface area contributed by atoms with E-state index in [0.29, 0.717) is 17.8 Å². The second-order valence-corrected chi connectivity index (χ2v) is 10.2. The van der Waals surface area contributed by atoms with E-state index in [1.54, 1.807) is 18.3 Å². The summed E-state index contributed by atoms with van der Waals surface area (Å²) in [6, 6.07) is 6.54. The van der Waals surface area contributed by atoms with Crippen LogP contribution in [0.4, 0.5) is 10.2 Å². The summed E-state index contributed by atoms with van der Waals surface area (Å²) in [5, 5.41) is 6.52. The first kappa shape index (κ1) is 24.3. The maximum absolute atomic E-state index is 14.4. The van der Waals surface area contributed by atoms with Crippen LogP contribution in [0.5, 0.6) is 0 Å². The number of aromatic nitrogens is 4. The number of fused-ring (bicyclic) bond motifs is 1. The second kappa shape index (κ2) is 9.46. The van der Waals surface area contributed by atoms with Gasteiger partial charge >= 0.3 is 0 Å². The molecule has 3 N–H and O–H groups in total. The number of sulfone groups is 1. The Kier molecular flexibility index (Phi) is 6.77. The summed E-state index contributed by atoms with van der Waals surface area (Å²) < 4.78 is 41.6. The summed E-state index contributed by atoms with van der Waals surface area (Å²) in [7, 11) is -4.00. The van der Waals surface area contributed by atoms with Crippen LogP contribution in [0.3, 0.4) is 0 Å². The number of halogens is 3. The molecule has 1 fully saturated rings. The SMILES string of the molecule is Cc1ccc(S(=O)(=O)c2c(Cl)cnc3[nH]cc(-c4ncc(F)c(N[C@H]5CCNC5)n4)c23)cc1.Cl. The van der Waals surface area contributed by atoms with Gasteiger partial charge in [-0.15, -0.1) is 12.4 Å². The third-order valence-electron chi connectivity index (χ3n) is 5.60. The maximum atomic E-state index is 14.4. The number of nitrogens with zero attached hydrogens (tertiary/aromatic N) is 3. The molecule has 0 radical (unpaired) electrons. The third kappa shape index (κ3) is 4.34. The molecule has 1 aliphatic heterocycles. The van der Waals surface area contributed by atoms with E-state index in [9.17, 15) is 12.8 Å². The molecular formula is C22H21Cl2FN6O2S. The van der Waals surface area contributed by atoms with E-state index in [4.69, 9.17) is 11.6 Å². The van der Waals surface area contributed by atoms with Gasteiger partial charge in [0.05, 0.1) is 21.5 Å². The van der Waals surface area contributed by atoms with Gasteiger partial charge in [0.25, 0.3) is 0 Å². The molecule has 0 saturated carbocycles. The number of H-pyrrole nitrogens is 1. The van der Waals surface area contributed by atoms with Crippen LogP contribution in [-0.4, -0.2) is 47.5 Å². The Hall–Kier alpha value is -2.79. The first-order chi connectivity index (χ1) is 15.8. The van der Waals surface area contributed by atoms with Gasteiger partial charge in [0.15, 0.2) is 17.5 Å². The number of benzene rings is 1. The van der Waals surface area contributed by atoms with Crippen molar-refractivity contribution in [1.29, 1.82) is 0 Å². The van der Waals surface area contributed by atoms with Crippen LogP contribution in [0.25, 0.3) is 22.4 Å². The van der Waals surface area contributed by atoms with Crippen molar-refractivity contribution in [3.05, 3.63) is 59.3 Å². The van der Waals surface area contributed by atoms with E-state index < -0.39 is 15.7 Å². The van der Waals surface area contributed by atoms with Crippen LogP contribution in [0.2, 0.25) is 5.02 Å². The highest BCUT2D eigenvalue weighted by Gasteiger charge is 2.28. The fraction of sp³-hybridized carbons (Fsp3) is 0.227. The zero-order valence-electron chi connectivity index (χ0n) is 18.0. The summed E-state index contributed by atoms with van der Waals surface area (Å²) in [5.74, 6) is -0.379. The van der Waals surface area contributed by atoms with E-state index in [0.717, 1.165) is 24.7 Å². The molecule has 0 bridgehead atoms. The molecule has 0 aliphatic carbocycles. The monoisotopic (exact) mass is 522 g/mol. The Labute approximate surface area is 206 Å². The molecule has 0 amide bonds. The van der Waals surface area contributed by atoms with E-state index in [1.807, 2.05) is 6.92 Å². The highest BCUT2D eigenvalue weighted by molar-refractivity contribution is 7.91. The Bertz CT molecular complexity index is 1450. The maximum Gasteiger partial charge on any atom is 0.208 e. The predicted molar refractivity (Wildman–Crippen MR) is 131 cm³/mol. The van der Waals surface area contributed by atoms with Crippen LogP contribution in [0, 0.1) is 12.7 Å². The average molecular weight is 523 g/mol. The molecule has 0 unspecified atom stereocenters. The fourth-order valence-electron chi connectivity index (χ4n) is 3.89. The number of pyridine rings is 1. The van der Waals surface area contributed by atoms with Crippen molar-refractivity contribution in [3.63, 3.8) is 0 Å². The lowest BCUT2D eigenvalue weighted by atomic mass is 10.2. The van der Waals surface area contributed by atoms with Crippen LogP contribution >= 0.6 is 24.0 Å². The average Bonchev–Trinajstić information content (AvgIpc) is 3.45. The molecule has 5 rings (SSSR count). The third-order valence-corrected chi connectivity index (χ3v) is 7.85. The topological polar surface area (TPSA) is 113 Å². The summed E-state index contributed by atoms with van der Waals surface area (Å²) in [4.78, 5) is 15.7. The van der Waals surface area contributed by atoms with Crippen molar-refractivity contribution < 1.29 is 12.8 Å². The molecule has 0 spiro atoms. The second-order valence-electron chi connectivity index (χ2n) is 7.90. The first-order valence-corrected chi connectivity index (χ1v) is 12.2. The van der Waals surface area contributed by atoms with Crippen molar-refractivity contribution in [2.24, 2.45) is 0 Å². The summed E-state index contributed by atoms with van der Waals surface area (Å²) in [5.41, 5.74) is 1.60. The van der Waals surface area contributed by atoms with Gasteiger partial charge in [-0.2, -0.15) is 0 Å². The van der Waals surface area contributed by atoms with E-state index >= 15 is 0 Å².